The monoisotopic (exact) mass is 81.1 g/mol. The predicted octanol–water partition coefficient (Wildman–Crippen LogP) is -3.30. The average Bonchev–Trinajstić information content (AvgIpc) is 0. The third kappa shape index (κ3) is 78.1. The topological polar surface area (TPSA) is 66.5 Å². The fraction of sp³-hybridized carbons (Fsp3) is 0. The zero-order chi connectivity index (χ0) is 0. The normalized spacial score (nSPS) is 0. The molecule has 0 bridgehead atoms. The molecule has 0 saturated heterocycles. The summed E-state index contributed by atoms with van der Waals surface area (Å²) >= 11 is 0. The maximum atomic E-state index is 0. The van der Waals surface area contributed by atoms with Gasteiger partial charge < -0.3 is 11.6 Å². The minimum absolute atomic E-state index is 0. The third-order valence-corrected chi connectivity index (χ3v) is 0. The first kappa shape index (κ1) is 1060. The minimum Gasteiger partial charge on any atom is -0.412 e. The van der Waals surface area contributed by atoms with Crippen LogP contribution >= 0.6 is 0 Å². The van der Waals surface area contributed by atoms with Gasteiger partial charge >= 0.3 is 0 Å². The second-order valence-corrected chi connectivity index (χ2v) is 0. The van der Waals surface area contributed by atoms with Crippen molar-refractivity contribution < 1.29 is 5.48 Å². The Hall–Kier alpha value is 0.202. The number of hydrogen-bond donors (Lipinski definition) is 1. The van der Waals surface area contributed by atoms with Crippen LogP contribution in [0.3, 0.4) is 0 Å². The van der Waals surface area contributed by atoms with E-state index in [-0.39, 0.29) is 31.0 Å². The van der Waals surface area contributed by atoms with Gasteiger partial charge in [0.2, 0.25) is 0 Å². The summed E-state index contributed by atoms with van der Waals surface area (Å²) in [7, 11) is 0. The largest absolute Gasteiger partial charge is 0.412 e. The molecule has 0 atom stereocenters. The van der Waals surface area contributed by atoms with E-state index in [0.717, 1.165) is 0 Å². The second-order valence-electron chi connectivity index (χ2n) is 0. The van der Waals surface area contributed by atoms with Crippen molar-refractivity contribution in [2.75, 3.05) is 0 Å². The molecule has 0 aromatic heterocycles. The Morgan fingerprint density at radius 2 is 1.00 bits per heavy atom. The standard InChI is InChI=1S/BH3.H3N.H2O.H4Si/h2*1H3;1H2;1H4. The molecule has 0 radical (unpaired) electrons. The van der Waals surface area contributed by atoms with Crippen LogP contribution < -0.4 is 6.15 Å². The van der Waals surface area contributed by atoms with E-state index < -0.39 is 0 Å². The van der Waals surface area contributed by atoms with Crippen molar-refractivity contribution in [3.8, 4) is 0 Å². The van der Waals surface area contributed by atoms with Crippen molar-refractivity contribution in [2.45, 2.75) is 0 Å². The lowest BCUT2D eigenvalue weighted by atomic mass is 10.8. The van der Waals surface area contributed by atoms with Crippen LogP contribution in [0, 0.1) is 0 Å². The second kappa shape index (κ2) is 381. The average molecular weight is 81.0 g/mol. The summed E-state index contributed by atoms with van der Waals surface area (Å²) in [5.41, 5.74) is 0. The summed E-state index contributed by atoms with van der Waals surface area (Å²) in [5.74, 6) is 0. The van der Waals surface area contributed by atoms with Crippen LogP contribution in [0.15, 0.2) is 0 Å². The van der Waals surface area contributed by atoms with Crippen LogP contribution in [0.25, 0.3) is 0 Å². The van der Waals surface area contributed by atoms with Crippen LogP contribution in [0.2, 0.25) is 0 Å². The molecule has 0 aromatic carbocycles. The van der Waals surface area contributed by atoms with Gasteiger partial charge in [0.15, 0.2) is 0 Å². The minimum atomic E-state index is 0. The molecule has 0 aliphatic rings. The molecule has 4 heteroatoms. The van der Waals surface area contributed by atoms with Gasteiger partial charge in [0.05, 0.1) is 8.41 Å². The molecule has 0 aromatic rings. The summed E-state index contributed by atoms with van der Waals surface area (Å²) in [5, 5.41) is 0. The Balaban J connectivity index is 0. The van der Waals surface area contributed by atoms with E-state index in [9.17, 15) is 0 Å². The fourth-order valence-electron chi connectivity index (χ4n) is 0. The highest BCUT2D eigenvalue weighted by atomic mass is 28.1. The van der Waals surface area contributed by atoms with Crippen molar-refractivity contribution >= 4 is 19.4 Å². The van der Waals surface area contributed by atoms with Gasteiger partial charge in [-0.05, 0) is 11.0 Å². The molecule has 0 spiro atoms. The Morgan fingerprint density at radius 3 is 1.00 bits per heavy atom. The van der Waals surface area contributed by atoms with E-state index in [1.54, 1.807) is 0 Å². The lowest BCUT2D eigenvalue weighted by Gasteiger charge is -0.412. The van der Waals surface area contributed by atoms with Gasteiger partial charge in [-0.25, -0.2) is 0 Å². The maximum Gasteiger partial charge on any atom is 0.0814 e. The first-order valence-electron chi connectivity index (χ1n) is 0. The SMILES string of the molecule is B.N.O.[SiH4]. The van der Waals surface area contributed by atoms with E-state index in [1.165, 1.54) is 0 Å². The molecular weight excluding hydrogens is 68.9 g/mol. The summed E-state index contributed by atoms with van der Waals surface area (Å²) in [4.78, 5) is 0. The zero-order valence-corrected chi connectivity index (χ0v) is 1.21. The van der Waals surface area contributed by atoms with Gasteiger partial charge in [-0.3, -0.25) is 0 Å². The molecule has 2 nitrogen and oxygen atoms in total. The highest BCUT2D eigenvalue weighted by molar-refractivity contribution is 5.76. The third-order valence-electron chi connectivity index (χ3n) is 0. The van der Waals surface area contributed by atoms with Gasteiger partial charge in [-0.2, -0.15) is 0 Å². The highest BCUT2D eigenvalue weighted by Gasteiger charge is 0.0814. The Morgan fingerprint density at radius 1 is 1.00 bits per heavy atom. The molecule has 0 saturated carbocycles. The molecule has 0 aliphatic carbocycles. The van der Waals surface area contributed by atoms with Crippen molar-refractivity contribution in [3.63, 3.8) is 0 Å². The molecule has 0 fully saturated rings. The van der Waals surface area contributed by atoms with Crippen molar-refractivity contribution in [3.05, 3.63) is 0 Å². The van der Waals surface area contributed by atoms with Crippen LogP contribution in [0.4, 0.5) is 0 Å². The van der Waals surface area contributed by atoms with E-state index in [1.807, 2.05) is 0 Å². The quantitative estimate of drug-likeness (QED) is 0.305. The smallest absolute Gasteiger partial charge is 0.0814 e. The van der Waals surface area contributed by atoms with E-state index >= 15 is 0 Å². The lowest BCUT2D eigenvalue weighted by molar-refractivity contribution is 0.824. The van der Waals surface area contributed by atoms with E-state index in [0.29, 0.717) is 0 Å². The van der Waals surface area contributed by atoms with Gasteiger partial charge in [0.25, 0.3) is 0 Å². The molecule has 0 unspecified atom stereocenters. The van der Waals surface area contributed by atoms with Gasteiger partial charge in [0.1, 0.15) is 0 Å². The first-order valence-corrected chi connectivity index (χ1v) is 0. The zero-order valence-electron chi connectivity index (χ0n) is 1.21. The predicted molar refractivity (Wildman–Crippen MR) is 29.9 cm³/mol. The number of rotatable bonds is 0. The van der Waals surface area contributed by atoms with E-state index in [4.69, 9.17) is 0 Å². The van der Waals surface area contributed by atoms with Gasteiger partial charge in [-0.1, -0.05) is 0 Å². The Kier molecular flexibility index (Phi) is 101000. The van der Waals surface area contributed by atoms with Gasteiger partial charge in [0, 0.05) is 0 Å². The lowest BCUT2D eigenvalue weighted by Crippen LogP contribution is -0.481. The number of hydrogen-bond acceptors (Lipinski definition) is 1. The molecule has 0 amide bonds. The van der Waals surface area contributed by atoms with Crippen molar-refractivity contribution in [1.82, 2.24) is 6.15 Å². The molecule has 0 aliphatic heterocycles. The fourth-order valence-corrected chi connectivity index (χ4v) is 0. The Bertz CT molecular complexity index is 8.00. The molecule has 0 rings (SSSR count). The maximum absolute atomic E-state index is 0. The summed E-state index contributed by atoms with van der Waals surface area (Å²) in [6.45, 7) is 0. The highest BCUT2D eigenvalue weighted by Crippen LogP contribution is -0.289. The summed E-state index contributed by atoms with van der Waals surface area (Å²) in [6, 6.07) is 0. The molecule has 4 heavy (non-hydrogen) atoms. The summed E-state index contributed by atoms with van der Waals surface area (Å²) in [6.07, 6.45) is 0. The van der Waals surface area contributed by atoms with E-state index in [2.05, 4.69) is 0 Å². The van der Waals surface area contributed by atoms with Crippen LogP contribution in [0.5, 0.6) is 0 Å². The Labute approximate surface area is 32.1 Å². The first-order chi connectivity index (χ1) is 0. The van der Waals surface area contributed by atoms with Crippen LogP contribution in [-0.2, 0) is 0 Å². The van der Waals surface area contributed by atoms with Gasteiger partial charge in [-0.15, -0.1) is 0 Å². The van der Waals surface area contributed by atoms with Crippen LogP contribution in [0.1, 0.15) is 0 Å². The van der Waals surface area contributed by atoms with Crippen LogP contribution in [-0.4, -0.2) is 24.9 Å². The molecular formula is H12BNOSi. The van der Waals surface area contributed by atoms with Crippen molar-refractivity contribution in [1.29, 1.82) is 0 Å². The van der Waals surface area contributed by atoms with Crippen molar-refractivity contribution in [2.24, 2.45) is 0 Å². The molecule has 5 N–H and O–H groups in total. The molecule has 30 valence electrons. The molecule has 0 heterocycles. The summed E-state index contributed by atoms with van der Waals surface area (Å²) < 4.78 is 0.